The molecule has 3 aromatic carbocycles. The summed E-state index contributed by atoms with van der Waals surface area (Å²) in [5, 5.41) is 12.3. The van der Waals surface area contributed by atoms with E-state index in [1.807, 2.05) is 13.0 Å². The Bertz CT molecular complexity index is 1440. The lowest BCUT2D eigenvalue weighted by Crippen LogP contribution is -2.13. The number of anilines is 3. The molecule has 0 aliphatic heterocycles. The molecule has 1 heterocycles. The molecule has 0 fully saturated rings. The summed E-state index contributed by atoms with van der Waals surface area (Å²) in [6.07, 6.45) is 1.63. The number of halogens is 1. The quantitative estimate of drug-likeness (QED) is 0.403. The van der Waals surface area contributed by atoms with Gasteiger partial charge in [-0.3, -0.25) is 4.79 Å². The van der Waals surface area contributed by atoms with E-state index >= 15 is 0 Å². The molecule has 0 saturated carbocycles. The van der Waals surface area contributed by atoms with Gasteiger partial charge in [0.1, 0.15) is 0 Å². The Kier molecular flexibility index (Phi) is 5.79. The molecular formula is C22H18ClN5O3S. The van der Waals surface area contributed by atoms with E-state index in [2.05, 4.69) is 20.6 Å². The zero-order valence-corrected chi connectivity index (χ0v) is 18.4. The van der Waals surface area contributed by atoms with Gasteiger partial charge in [0.15, 0.2) is 0 Å². The molecule has 10 heteroatoms. The van der Waals surface area contributed by atoms with Gasteiger partial charge in [0.05, 0.1) is 10.4 Å². The van der Waals surface area contributed by atoms with Crippen molar-refractivity contribution < 1.29 is 13.2 Å². The summed E-state index contributed by atoms with van der Waals surface area (Å²) < 4.78 is 22.8. The molecule has 0 aliphatic carbocycles. The zero-order chi connectivity index (χ0) is 22.9. The van der Waals surface area contributed by atoms with Crippen molar-refractivity contribution in [2.75, 3.05) is 10.6 Å². The Morgan fingerprint density at radius 1 is 1.03 bits per heavy atom. The van der Waals surface area contributed by atoms with Gasteiger partial charge in [-0.2, -0.15) is 0 Å². The molecule has 4 N–H and O–H groups in total. The van der Waals surface area contributed by atoms with Gasteiger partial charge in [0, 0.05) is 33.5 Å². The second kappa shape index (κ2) is 8.54. The molecule has 0 bridgehead atoms. The number of nitrogens with one attached hydrogen (secondary N) is 2. The lowest BCUT2D eigenvalue weighted by molar-refractivity contribution is 0.102. The molecule has 0 saturated heterocycles. The third kappa shape index (κ3) is 4.86. The van der Waals surface area contributed by atoms with E-state index in [9.17, 15) is 13.2 Å². The van der Waals surface area contributed by atoms with Crippen LogP contribution in [0, 0.1) is 6.92 Å². The fourth-order valence-corrected chi connectivity index (χ4v) is 3.69. The molecule has 0 unspecified atom stereocenters. The highest BCUT2D eigenvalue weighted by Gasteiger charge is 2.11. The molecule has 1 amide bonds. The van der Waals surface area contributed by atoms with E-state index in [1.165, 1.54) is 12.1 Å². The molecule has 162 valence electrons. The summed E-state index contributed by atoms with van der Waals surface area (Å²) in [6.45, 7) is 1.88. The Morgan fingerprint density at radius 3 is 2.50 bits per heavy atom. The first-order chi connectivity index (χ1) is 15.2. The molecule has 4 aromatic rings. The van der Waals surface area contributed by atoms with Crippen LogP contribution in [0.1, 0.15) is 15.9 Å². The van der Waals surface area contributed by atoms with Crippen LogP contribution in [0.5, 0.6) is 0 Å². The first kappa shape index (κ1) is 21.7. The summed E-state index contributed by atoms with van der Waals surface area (Å²) in [4.78, 5) is 21.5. The van der Waals surface area contributed by atoms with Gasteiger partial charge in [-0.05, 0) is 61.0 Å². The number of sulfonamides is 1. The maximum absolute atomic E-state index is 12.7. The van der Waals surface area contributed by atoms with Crippen molar-refractivity contribution in [3.8, 4) is 0 Å². The maximum Gasteiger partial charge on any atom is 0.255 e. The van der Waals surface area contributed by atoms with Crippen LogP contribution >= 0.6 is 11.6 Å². The smallest absolute Gasteiger partial charge is 0.255 e. The SMILES string of the molecule is Cc1ccc(Cl)cc1NC(=O)c1ccc2cnc(Nc3ccc(S(N)(=O)=O)cc3)nc2c1. The van der Waals surface area contributed by atoms with E-state index in [0.29, 0.717) is 33.4 Å². The highest BCUT2D eigenvalue weighted by molar-refractivity contribution is 7.89. The summed E-state index contributed by atoms with van der Waals surface area (Å²) in [7, 11) is -3.77. The molecule has 0 radical (unpaired) electrons. The standard InChI is InChI=1S/C22H18ClN5O3S/c1-13-2-5-16(23)11-19(13)27-21(29)14-3-4-15-12-25-22(28-20(15)10-14)26-17-6-8-18(9-7-17)32(24,30)31/h2-12H,1H3,(H,27,29)(H2,24,30,31)(H,25,26,28). The average molecular weight is 468 g/mol. The van der Waals surface area contributed by atoms with Crippen LogP contribution in [0.4, 0.5) is 17.3 Å². The van der Waals surface area contributed by atoms with Gasteiger partial charge in [-0.1, -0.05) is 23.7 Å². The van der Waals surface area contributed by atoms with Gasteiger partial charge in [0.25, 0.3) is 5.91 Å². The fourth-order valence-electron chi connectivity index (χ4n) is 3.01. The number of nitrogens with zero attached hydrogens (tertiary/aromatic N) is 2. The Labute approximate surface area is 189 Å². The number of benzene rings is 3. The number of amides is 1. The van der Waals surface area contributed by atoms with Crippen LogP contribution in [-0.4, -0.2) is 24.3 Å². The zero-order valence-electron chi connectivity index (χ0n) is 16.8. The van der Waals surface area contributed by atoms with Crippen molar-refractivity contribution in [2.45, 2.75) is 11.8 Å². The first-order valence-electron chi connectivity index (χ1n) is 9.43. The van der Waals surface area contributed by atoms with Crippen LogP contribution in [-0.2, 0) is 10.0 Å². The van der Waals surface area contributed by atoms with E-state index in [-0.39, 0.29) is 10.8 Å². The van der Waals surface area contributed by atoms with Crippen molar-refractivity contribution in [2.24, 2.45) is 5.14 Å². The maximum atomic E-state index is 12.7. The van der Waals surface area contributed by atoms with Gasteiger partial charge in [-0.25, -0.2) is 23.5 Å². The van der Waals surface area contributed by atoms with Gasteiger partial charge in [-0.15, -0.1) is 0 Å². The summed E-state index contributed by atoms with van der Waals surface area (Å²) >= 11 is 6.03. The molecule has 4 rings (SSSR count). The van der Waals surface area contributed by atoms with Gasteiger partial charge < -0.3 is 10.6 Å². The van der Waals surface area contributed by atoms with Crippen molar-refractivity contribution in [1.29, 1.82) is 0 Å². The Hall–Kier alpha value is -3.53. The average Bonchev–Trinajstić information content (AvgIpc) is 2.75. The van der Waals surface area contributed by atoms with Crippen LogP contribution < -0.4 is 15.8 Å². The van der Waals surface area contributed by atoms with Crippen molar-refractivity contribution in [1.82, 2.24) is 9.97 Å². The van der Waals surface area contributed by atoms with Crippen molar-refractivity contribution >= 4 is 55.8 Å². The van der Waals surface area contributed by atoms with Crippen LogP contribution in [0.25, 0.3) is 10.9 Å². The number of carbonyl (C=O) groups excluding carboxylic acids is 1. The van der Waals surface area contributed by atoms with Crippen LogP contribution in [0.15, 0.2) is 71.8 Å². The molecule has 8 nitrogen and oxygen atoms in total. The minimum absolute atomic E-state index is 0.00748. The highest BCUT2D eigenvalue weighted by atomic mass is 35.5. The monoisotopic (exact) mass is 467 g/mol. The summed E-state index contributed by atoms with van der Waals surface area (Å²) in [6, 6.07) is 16.3. The highest BCUT2D eigenvalue weighted by Crippen LogP contribution is 2.23. The van der Waals surface area contributed by atoms with E-state index in [4.69, 9.17) is 16.7 Å². The molecule has 1 aromatic heterocycles. The second-order valence-electron chi connectivity index (χ2n) is 7.07. The number of nitrogens with two attached hydrogens (primary N) is 1. The topological polar surface area (TPSA) is 127 Å². The molecular weight excluding hydrogens is 450 g/mol. The Balaban J connectivity index is 1.57. The lowest BCUT2D eigenvalue weighted by Gasteiger charge is -2.10. The summed E-state index contributed by atoms with van der Waals surface area (Å²) in [5.41, 5.74) is 3.11. The first-order valence-corrected chi connectivity index (χ1v) is 11.4. The number of aromatic nitrogens is 2. The fraction of sp³-hybridized carbons (Fsp3) is 0.0455. The number of hydrogen-bond acceptors (Lipinski definition) is 6. The predicted molar refractivity (Wildman–Crippen MR) is 125 cm³/mol. The summed E-state index contributed by atoms with van der Waals surface area (Å²) in [5.74, 6) is 0.00747. The number of rotatable bonds is 5. The van der Waals surface area contributed by atoms with Crippen molar-refractivity contribution in [3.63, 3.8) is 0 Å². The Morgan fingerprint density at radius 2 is 1.78 bits per heavy atom. The number of hydrogen-bond donors (Lipinski definition) is 3. The lowest BCUT2D eigenvalue weighted by atomic mass is 10.1. The van der Waals surface area contributed by atoms with Gasteiger partial charge in [0.2, 0.25) is 16.0 Å². The molecule has 0 atom stereocenters. The second-order valence-corrected chi connectivity index (χ2v) is 9.07. The minimum Gasteiger partial charge on any atom is -0.324 e. The van der Waals surface area contributed by atoms with Crippen LogP contribution in [0.3, 0.4) is 0 Å². The largest absolute Gasteiger partial charge is 0.324 e. The molecule has 32 heavy (non-hydrogen) atoms. The molecule has 0 spiro atoms. The van der Waals surface area contributed by atoms with Crippen LogP contribution in [0.2, 0.25) is 5.02 Å². The predicted octanol–water partition coefficient (Wildman–Crippen LogP) is 4.23. The number of fused-ring (bicyclic) bond motifs is 1. The van der Waals surface area contributed by atoms with Crippen molar-refractivity contribution in [3.05, 3.63) is 83.0 Å². The van der Waals surface area contributed by atoms with E-state index in [1.54, 1.807) is 48.7 Å². The van der Waals surface area contributed by atoms with E-state index in [0.717, 1.165) is 10.9 Å². The van der Waals surface area contributed by atoms with E-state index < -0.39 is 10.0 Å². The number of carbonyl (C=O) groups is 1. The van der Waals surface area contributed by atoms with Gasteiger partial charge >= 0.3 is 0 Å². The minimum atomic E-state index is -3.77. The third-order valence-corrected chi connectivity index (χ3v) is 5.90. The third-order valence-electron chi connectivity index (χ3n) is 4.73. The number of primary sulfonamides is 1. The molecule has 0 aliphatic rings. The number of aryl methyl sites for hydroxylation is 1. The normalized spacial score (nSPS) is 11.3.